The fourth-order valence-electron chi connectivity index (χ4n) is 3.66. The topological polar surface area (TPSA) is 41.4 Å². The minimum absolute atomic E-state index is 0.658. The molecule has 116 valence electrons. The summed E-state index contributed by atoms with van der Waals surface area (Å²) in [6.45, 7) is 1.89. The maximum absolute atomic E-state index is 4.35. The Balaban J connectivity index is 1.37. The number of rotatable bonds is 5. The van der Waals surface area contributed by atoms with E-state index in [0.717, 1.165) is 30.9 Å². The van der Waals surface area contributed by atoms with Gasteiger partial charge in [0.05, 0.1) is 0 Å². The molecule has 3 rings (SSSR count). The zero-order valence-corrected chi connectivity index (χ0v) is 13.1. The van der Waals surface area contributed by atoms with Crippen LogP contribution in [0.15, 0.2) is 29.5 Å². The van der Waals surface area contributed by atoms with Crippen molar-refractivity contribution in [1.82, 2.24) is 15.2 Å². The number of nitrogens with zero attached hydrogens (tertiary/aromatic N) is 2. The van der Waals surface area contributed by atoms with Crippen LogP contribution >= 0.6 is 0 Å². The molecule has 21 heavy (non-hydrogen) atoms. The van der Waals surface area contributed by atoms with Crippen LogP contribution in [0.1, 0.15) is 38.5 Å². The third-order valence-electron chi connectivity index (χ3n) is 4.97. The molecule has 2 atom stereocenters. The van der Waals surface area contributed by atoms with E-state index in [0.29, 0.717) is 6.04 Å². The molecular weight excluding hydrogens is 260 g/mol. The van der Waals surface area contributed by atoms with Gasteiger partial charge in [-0.25, -0.2) is 0 Å². The van der Waals surface area contributed by atoms with Crippen LogP contribution in [0.2, 0.25) is 0 Å². The van der Waals surface area contributed by atoms with Gasteiger partial charge in [-0.15, -0.1) is 0 Å². The number of nitrogens with one attached hydrogen (secondary N) is 2. The number of hydrogen-bond donors (Lipinski definition) is 2. The molecular formula is C17H28N4. The molecule has 2 unspecified atom stereocenters. The molecule has 0 spiro atoms. The summed E-state index contributed by atoms with van der Waals surface area (Å²) in [4.78, 5) is 4.35. The highest BCUT2D eigenvalue weighted by atomic mass is 15.2. The first kappa shape index (κ1) is 14.5. The van der Waals surface area contributed by atoms with Crippen molar-refractivity contribution in [1.29, 1.82) is 0 Å². The average Bonchev–Trinajstić information content (AvgIpc) is 3.10. The number of guanidine groups is 1. The summed E-state index contributed by atoms with van der Waals surface area (Å²) >= 11 is 0. The van der Waals surface area contributed by atoms with Crippen LogP contribution in [0.5, 0.6) is 0 Å². The fourth-order valence-corrected chi connectivity index (χ4v) is 3.66. The van der Waals surface area contributed by atoms with Gasteiger partial charge in [-0.3, -0.25) is 4.99 Å². The molecule has 0 bridgehead atoms. The Morgan fingerprint density at radius 2 is 1.95 bits per heavy atom. The van der Waals surface area contributed by atoms with Crippen LogP contribution in [0, 0.1) is 11.8 Å². The fraction of sp³-hybridized carbons (Fsp3) is 0.706. The largest absolute Gasteiger partial charge is 0.355 e. The van der Waals surface area contributed by atoms with Crippen molar-refractivity contribution in [3.05, 3.63) is 24.5 Å². The lowest BCUT2D eigenvalue weighted by Gasteiger charge is -2.22. The summed E-state index contributed by atoms with van der Waals surface area (Å²) in [6.07, 6.45) is 12.8. The Hall–Kier alpha value is -1.45. The lowest BCUT2D eigenvalue weighted by molar-refractivity contribution is 0.315. The predicted molar refractivity (Wildman–Crippen MR) is 87.4 cm³/mol. The second-order valence-corrected chi connectivity index (χ2v) is 6.47. The summed E-state index contributed by atoms with van der Waals surface area (Å²) in [7, 11) is 1.86. The lowest BCUT2D eigenvalue weighted by atomic mass is 9.85. The van der Waals surface area contributed by atoms with Gasteiger partial charge in [-0.05, 0) is 30.4 Å². The first-order valence-electron chi connectivity index (χ1n) is 8.45. The third-order valence-corrected chi connectivity index (χ3v) is 4.97. The van der Waals surface area contributed by atoms with Crippen molar-refractivity contribution in [2.75, 3.05) is 13.6 Å². The average molecular weight is 288 g/mol. The maximum Gasteiger partial charge on any atom is 0.191 e. The van der Waals surface area contributed by atoms with E-state index in [9.17, 15) is 0 Å². The van der Waals surface area contributed by atoms with E-state index in [4.69, 9.17) is 0 Å². The first-order chi connectivity index (χ1) is 10.4. The van der Waals surface area contributed by atoms with Crippen molar-refractivity contribution in [2.45, 2.75) is 51.1 Å². The van der Waals surface area contributed by atoms with Gasteiger partial charge in [0.1, 0.15) is 0 Å². The zero-order chi connectivity index (χ0) is 14.5. The Morgan fingerprint density at radius 3 is 2.67 bits per heavy atom. The van der Waals surface area contributed by atoms with Gasteiger partial charge in [0.15, 0.2) is 5.96 Å². The molecule has 1 heterocycles. The Kier molecular flexibility index (Phi) is 4.84. The normalized spacial score (nSPS) is 26.6. The monoisotopic (exact) mass is 288 g/mol. The molecule has 0 aromatic carbocycles. The van der Waals surface area contributed by atoms with E-state index in [1.165, 1.54) is 38.5 Å². The van der Waals surface area contributed by atoms with Gasteiger partial charge in [0, 0.05) is 38.6 Å². The van der Waals surface area contributed by atoms with Gasteiger partial charge >= 0.3 is 0 Å². The van der Waals surface area contributed by atoms with Crippen LogP contribution in [0.4, 0.5) is 0 Å². The van der Waals surface area contributed by atoms with Gasteiger partial charge in [0.25, 0.3) is 0 Å². The number of aromatic nitrogens is 1. The van der Waals surface area contributed by atoms with E-state index in [2.05, 4.69) is 44.7 Å². The molecule has 2 fully saturated rings. The van der Waals surface area contributed by atoms with Crippen LogP contribution in [0.25, 0.3) is 0 Å². The van der Waals surface area contributed by atoms with Crippen LogP contribution in [-0.2, 0) is 6.54 Å². The number of aliphatic imine (C=N–C) groups is 1. The van der Waals surface area contributed by atoms with Gasteiger partial charge in [-0.1, -0.05) is 32.1 Å². The maximum atomic E-state index is 4.35. The molecule has 1 aromatic rings. The molecule has 4 heteroatoms. The Morgan fingerprint density at radius 1 is 1.19 bits per heavy atom. The Bertz CT molecular complexity index is 445. The van der Waals surface area contributed by atoms with Gasteiger partial charge in [0.2, 0.25) is 0 Å². The van der Waals surface area contributed by atoms with E-state index >= 15 is 0 Å². The SMILES string of the molecule is CN=C(NCCn1cccc1)NC1CC1C1CCCCC1. The third kappa shape index (κ3) is 4.02. The van der Waals surface area contributed by atoms with Crippen molar-refractivity contribution < 1.29 is 0 Å². The highest BCUT2D eigenvalue weighted by Gasteiger charge is 2.43. The highest BCUT2D eigenvalue weighted by molar-refractivity contribution is 5.80. The molecule has 2 N–H and O–H groups in total. The summed E-state index contributed by atoms with van der Waals surface area (Å²) in [5, 5.41) is 7.02. The minimum atomic E-state index is 0.658. The molecule has 0 aliphatic heterocycles. The van der Waals surface area contributed by atoms with Crippen molar-refractivity contribution in [3.8, 4) is 0 Å². The first-order valence-corrected chi connectivity index (χ1v) is 8.45. The van der Waals surface area contributed by atoms with Gasteiger partial charge < -0.3 is 15.2 Å². The second kappa shape index (κ2) is 7.01. The van der Waals surface area contributed by atoms with Crippen LogP contribution < -0.4 is 10.6 Å². The second-order valence-electron chi connectivity index (χ2n) is 6.47. The summed E-state index contributed by atoms with van der Waals surface area (Å²) in [5.74, 6) is 2.83. The van der Waals surface area contributed by atoms with E-state index < -0.39 is 0 Å². The summed E-state index contributed by atoms with van der Waals surface area (Å²) < 4.78 is 2.18. The lowest BCUT2D eigenvalue weighted by Crippen LogP contribution is -2.40. The van der Waals surface area contributed by atoms with Crippen molar-refractivity contribution in [3.63, 3.8) is 0 Å². The molecule has 2 saturated carbocycles. The molecule has 0 radical (unpaired) electrons. The quantitative estimate of drug-likeness (QED) is 0.646. The predicted octanol–water partition coefficient (Wildman–Crippen LogP) is 2.62. The highest BCUT2D eigenvalue weighted by Crippen LogP contribution is 2.44. The number of hydrogen-bond acceptors (Lipinski definition) is 1. The van der Waals surface area contributed by atoms with Crippen molar-refractivity contribution >= 4 is 5.96 Å². The Labute approximate surface area is 128 Å². The molecule has 2 aliphatic rings. The standard InChI is InChI=1S/C17H28N4/c1-18-17(19-9-12-21-10-5-6-11-21)20-16-13-15(16)14-7-3-2-4-8-14/h5-6,10-11,14-16H,2-4,7-9,12-13H2,1H3,(H2,18,19,20). The zero-order valence-electron chi connectivity index (χ0n) is 13.1. The summed E-state index contributed by atoms with van der Waals surface area (Å²) in [6, 6.07) is 4.78. The molecule has 0 saturated heterocycles. The smallest absolute Gasteiger partial charge is 0.191 e. The van der Waals surface area contributed by atoms with Crippen molar-refractivity contribution in [2.24, 2.45) is 16.8 Å². The molecule has 2 aliphatic carbocycles. The minimum Gasteiger partial charge on any atom is -0.355 e. The van der Waals surface area contributed by atoms with Crippen LogP contribution in [0.3, 0.4) is 0 Å². The van der Waals surface area contributed by atoms with Gasteiger partial charge in [-0.2, -0.15) is 0 Å². The van der Waals surface area contributed by atoms with E-state index in [1.807, 2.05) is 7.05 Å². The van der Waals surface area contributed by atoms with E-state index in [1.54, 1.807) is 0 Å². The van der Waals surface area contributed by atoms with Crippen LogP contribution in [-0.4, -0.2) is 30.2 Å². The van der Waals surface area contributed by atoms with E-state index in [-0.39, 0.29) is 0 Å². The molecule has 1 aromatic heterocycles. The molecule has 4 nitrogen and oxygen atoms in total. The summed E-state index contributed by atoms with van der Waals surface area (Å²) in [5.41, 5.74) is 0. The molecule has 0 amide bonds.